The molecule has 1 unspecified atom stereocenters. The van der Waals surface area contributed by atoms with E-state index < -0.39 is 0 Å². The summed E-state index contributed by atoms with van der Waals surface area (Å²) in [6.45, 7) is 2.31. The third kappa shape index (κ3) is 3.23. The fourth-order valence-corrected chi connectivity index (χ4v) is 5.29. The molecule has 0 heterocycles. The minimum absolute atomic E-state index is 0.598. The maximum absolute atomic E-state index is 6.49. The molecule has 146 valence electrons. The van der Waals surface area contributed by atoms with Crippen molar-refractivity contribution in [2.75, 3.05) is 0 Å². The maximum Gasteiger partial charge on any atom is 0.147 e. The fraction of sp³-hybridized carbons (Fsp3) is 0.231. The topological polar surface area (TPSA) is 9.23 Å². The van der Waals surface area contributed by atoms with E-state index in [2.05, 4.69) is 65.3 Å². The summed E-state index contributed by atoms with van der Waals surface area (Å²) in [5.41, 5.74) is 5.84. The summed E-state index contributed by atoms with van der Waals surface area (Å²) in [7, 11) is 0. The summed E-state index contributed by atoms with van der Waals surface area (Å²) >= 11 is 9.98. The van der Waals surface area contributed by atoms with Crippen LogP contribution in [0.4, 0.5) is 0 Å². The second-order valence-corrected chi connectivity index (χ2v) is 9.02. The van der Waals surface area contributed by atoms with Crippen molar-refractivity contribution in [2.45, 2.75) is 32.6 Å². The summed E-state index contributed by atoms with van der Waals surface area (Å²) in [6, 6.07) is 16.6. The van der Waals surface area contributed by atoms with E-state index in [9.17, 15) is 0 Å². The molecule has 0 aromatic heterocycles. The molecule has 1 atom stereocenters. The van der Waals surface area contributed by atoms with Gasteiger partial charge < -0.3 is 4.74 Å². The van der Waals surface area contributed by atoms with Gasteiger partial charge in [0.05, 0.1) is 5.02 Å². The Morgan fingerprint density at radius 2 is 1.90 bits per heavy atom. The number of halogens is 2. The standard InChI is InChI=1S/C26H22BrClO/c1-2-16-15-21-20(19-9-4-3-8-18(16)19)14-13-17-7-5-11-23(25(17)21)29-24-12-6-10-22(27)26(24)28/h4-7,9-14,16H,2-3,8,15H2,1H3. The Balaban J connectivity index is 1.71. The lowest BCUT2D eigenvalue weighted by Gasteiger charge is -2.32. The van der Waals surface area contributed by atoms with Crippen LogP contribution in [0.2, 0.25) is 5.02 Å². The molecule has 1 nitrogen and oxygen atoms in total. The van der Waals surface area contributed by atoms with Crippen molar-refractivity contribution >= 4 is 43.9 Å². The third-order valence-electron chi connectivity index (χ3n) is 6.19. The smallest absolute Gasteiger partial charge is 0.147 e. The van der Waals surface area contributed by atoms with E-state index in [-0.39, 0.29) is 0 Å². The molecule has 2 aliphatic carbocycles. The first-order valence-corrected chi connectivity index (χ1v) is 11.4. The molecule has 3 aromatic carbocycles. The van der Waals surface area contributed by atoms with Crippen LogP contribution in [-0.4, -0.2) is 0 Å². The predicted molar refractivity (Wildman–Crippen MR) is 126 cm³/mol. The summed E-state index contributed by atoms with van der Waals surface area (Å²) in [5.74, 6) is 2.15. The Bertz CT molecular complexity index is 1170. The molecule has 0 saturated heterocycles. The second-order valence-electron chi connectivity index (χ2n) is 7.79. The highest BCUT2D eigenvalue weighted by Crippen LogP contribution is 2.46. The van der Waals surface area contributed by atoms with Gasteiger partial charge in [-0.2, -0.15) is 0 Å². The average Bonchev–Trinajstić information content (AvgIpc) is 2.76. The van der Waals surface area contributed by atoms with Gasteiger partial charge in [-0.25, -0.2) is 0 Å². The van der Waals surface area contributed by atoms with Crippen molar-refractivity contribution < 1.29 is 4.74 Å². The SMILES string of the molecule is CCC1Cc2c(ccc3cccc(Oc4cccc(Br)c4Cl)c23)C2=C1CCC=C2. The molecule has 0 radical (unpaired) electrons. The summed E-state index contributed by atoms with van der Waals surface area (Å²) in [5, 5.41) is 3.03. The number of ether oxygens (including phenoxy) is 1. The summed E-state index contributed by atoms with van der Waals surface area (Å²) in [6.07, 6.45) is 9.24. The zero-order valence-corrected chi connectivity index (χ0v) is 18.7. The van der Waals surface area contributed by atoms with Gasteiger partial charge in [0.1, 0.15) is 11.5 Å². The highest BCUT2D eigenvalue weighted by molar-refractivity contribution is 9.10. The van der Waals surface area contributed by atoms with Gasteiger partial charge in [-0.15, -0.1) is 0 Å². The van der Waals surface area contributed by atoms with Gasteiger partial charge in [0.25, 0.3) is 0 Å². The Hall–Kier alpha value is -2.03. The number of benzene rings is 3. The largest absolute Gasteiger partial charge is 0.455 e. The van der Waals surface area contributed by atoms with Crippen LogP contribution in [0, 0.1) is 5.92 Å². The van der Waals surface area contributed by atoms with Gasteiger partial charge in [0.2, 0.25) is 0 Å². The molecule has 0 amide bonds. The van der Waals surface area contributed by atoms with Crippen LogP contribution in [0.25, 0.3) is 16.3 Å². The Morgan fingerprint density at radius 3 is 2.76 bits per heavy atom. The van der Waals surface area contributed by atoms with Crippen LogP contribution < -0.4 is 4.74 Å². The molecule has 2 aliphatic rings. The highest BCUT2D eigenvalue weighted by Gasteiger charge is 2.28. The zero-order valence-electron chi connectivity index (χ0n) is 16.3. The molecule has 5 rings (SSSR count). The van der Waals surface area contributed by atoms with Gasteiger partial charge in [0, 0.05) is 9.86 Å². The van der Waals surface area contributed by atoms with Crippen LogP contribution in [0.1, 0.15) is 37.3 Å². The zero-order chi connectivity index (χ0) is 20.0. The van der Waals surface area contributed by atoms with Crippen LogP contribution in [0.3, 0.4) is 0 Å². The van der Waals surface area contributed by atoms with Crippen LogP contribution in [-0.2, 0) is 6.42 Å². The van der Waals surface area contributed by atoms with Crippen molar-refractivity contribution in [1.82, 2.24) is 0 Å². The minimum atomic E-state index is 0.598. The molecular weight excluding hydrogens is 444 g/mol. The van der Waals surface area contributed by atoms with Gasteiger partial charge in [-0.3, -0.25) is 0 Å². The van der Waals surface area contributed by atoms with Crippen LogP contribution >= 0.6 is 27.5 Å². The van der Waals surface area contributed by atoms with E-state index in [0.29, 0.717) is 16.7 Å². The fourth-order valence-electron chi connectivity index (χ4n) is 4.78. The van der Waals surface area contributed by atoms with Gasteiger partial charge in [0.15, 0.2) is 0 Å². The summed E-state index contributed by atoms with van der Waals surface area (Å²) in [4.78, 5) is 0. The monoisotopic (exact) mass is 464 g/mol. The van der Waals surface area contributed by atoms with E-state index in [1.165, 1.54) is 40.3 Å². The van der Waals surface area contributed by atoms with Crippen molar-refractivity contribution in [3.05, 3.63) is 86.9 Å². The van der Waals surface area contributed by atoms with E-state index in [1.807, 2.05) is 18.2 Å². The van der Waals surface area contributed by atoms with Crippen molar-refractivity contribution in [2.24, 2.45) is 5.92 Å². The number of allylic oxidation sites excluding steroid dienone is 4. The van der Waals surface area contributed by atoms with Crippen molar-refractivity contribution in [3.8, 4) is 11.5 Å². The quantitative estimate of drug-likeness (QED) is 0.376. The lowest BCUT2D eigenvalue weighted by molar-refractivity contribution is 0.487. The molecular formula is C26H22BrClO. The first-order chi connectivity index (χ1) is 14.2. The van der Waals surface area contributed by atoms with Gasteiger partial charge in [-0.1, -0.05) is 66.6 Å². The van der Waals surface area contributed by atoms with Gasteiger partial charge in [-0.05, 0) is 87.8 Å². The van der Waals surface area contributed by atoms with Crippen molar-refractivity contribution in [1.29, 1.82) is 0 Å². The average molecular weight is 466 g/mol. The number of hydrogen-bond donors (Lipinski definition) is 0. The minimum Gasteiger partial charge on any atom is -0.455 e. The maximum atomic E-state index is 6.49. The van der Waals surface area contributed by atoms with Crippen LogP contribution in [0.5, 0.6) is 11.5 Å². The molecule has 29 heavy (non-hydrogen) atoms. The number of hydrogen-bond acceptors (Lipinski definition) is 1. The highest BCUT2D eigenvalue weighted by atomic mass is 79.9. The lowest BCUT2D eigenvalue weighted by Crippen LogP contribution is -2.17. The molecule has 3 heteroatoms. The van der Waals surface area contributed by atoms with Gasteiger partial charge >= 0.3 is 0 Å². The Labute approximate surface area is 185 Å². The number of fused-ring (bicyclic) bond motifs is 4. The second kappa shape index (κ2) is 7.66. The Kier molecular flexibility index (Phi) is 5.01. The van der Waals surface area contributed by atoms with E-state index >= 15 is 0 Å². The number of rotatable bonds is 3. The third-order valence-corrected chi connectivity index (χ3v) is 7.47. The molecule has 3 aromatic rings. The first-order valence-electron chi connectivity index (χ1n) is 10.2. The molecule has 0 N–H and O–H groups in total. The molecule has 0 fully saturated rings. The van der Waals surface area contributed by atoms with E-state index in [1.54, 1.807) is 5.57 Å². The van der Waals surface area contributed by atoms with Crippen molar-refractivity contribution in [3.63, 3.8) is 0 Å². The lowest BCUT2D eigenvalue weighted by atomic mass is 9.73. The van der Waals surface area contributed by atoms with E-state index in [0.717, 1.165) is 23.1 Å². The molecule has 0 saturated carbocycles. The normalized spacial score (nSPS) is 18.0. The van der Waals surface area contributed by atoms with Crippen LogP contribution in [0.15, 0.2) is 70.7 Å². The Morgan fingerprint density at radius 1 is 1.07 bits per heavy atom. The summed E-state index contributed by atoms with van der Waals surface area (Å²) < 4.78 is 7.22. The first kappa shape index (κ1) is 19.0. The molecule has 0 bridgehead atoms. The molecule has 0 aliphatic heterocycles. The van der Waals surface area contributed by atoms with E-state index in [4.69, 9.17) is 16.3 Å². The predicted octanol–water partition coefficient (Wildman–Crippen LogP) is 8.73. The molecule has 0 spiro atoms.